The molecule has 6 nitrogen and oxygen atoms in total. The van der Waals surface area contributed by atoms with Gasteiger partial charge in [-0.3, -0.25) is 4.79 Å². The smallest absolute Gasteiger partial charge is 0.231 e. The number of likely N-dealkylation sites (tertiary alicyclic amines) is 1. The molecule has 23 heavy (non-hydrogen) atoms. The highest BCUT2D eigenvalue weighted by Gasteiger charge is 2.37. The van der Waals surface area contributed by atoms with Crippen LogP contribution in [0.2, 0.25) is 0 Å². The van der Waals surface area contributed by atoms with Gasteiger partial charge in [0, 0.05) is 32.1 Å². The van der Waals surface area contributed by atoms with Gasteiger partial charge in [-0.05, 0) is 24.7 Å². The van der Waals surface area contributed by atoms with E-state index in [0.29, 0.717) is 18.9 Å². The van der Waals surface area contributed by atoms with Gasteiger partial charge in [-0.15, -0.1) is 0 Å². The van der Waals surface area contributed by atoms with Crippen molar-refractivity contribution in [1.82, 2.24) is 9.80 Å². The van der Waals surface area contributed by atoms with Crippen LogP contribution in [0.25, 0.3) is 0 Å². The molecule has 1 aromatic rings. The average molecular weight is 318 g/mol. The van der Waals surface area contributed by atoms with Crippen molar-refractivity contribution < 1.29 is 19.0 Å². The van der Waals surface area contributed by atoms with E-state index in [1.54, 1.807) is 0 Å². The average Bonchev–Trinajstić information content (AvgIpc) is 3.10. The Morgan fingerprint density at radius 2 is 2.09 bits per heavy atom. The van der Waals surface area contributed by atoms with Crippen LogP contribution in [0.5, 0.6) is 11.5 Å². The predicted octanol–water partition coefficient (Wildman–Crippen LogP) is 0.747. The van der Waals surface area contributed by atoms with Gasteiger partial charge in [-0.2, -0.15) is 0 Å². The van der Waals surface area contributed by atoms with Gasteiger partial charge in [0.15, 0.2) is 11.5 Å². The van der Waals surface area contributed by atoms with Crippen LogP contribution in [0, 0.1) is 5.92 Å². The summed E-state index contributed by atoms with van der Waals surface area (Å²) in [6.45, 7) is 4.48. The molecule has 3 aliphatic rings. The second-order valence-corrected chi connectivity index (χ2v) is 6.59. The van der Waals surface area contributed by atoms with E-state index in [4.69, 9.17) is 14.2 Å². The van der Waals surface area contributed by atoms with Gasteiger partial charge in [0.25, 0.3) is 0 Å². The summed E-state index contributed by atoms with van der Waals surface area (Å²) >= 11 is 0. The number of ether oxygens (including phenoxy) is 3. The Balaban J connectivity index is 1.40. The Labute approximate surface area is 135 Å². The van der Waals surface area contributed by atoms with Crippen LogP contribution in [0.3, 0.4) is 0 Å². The van der Waals surface area contributed by atoms with Crippen LogP contribution in [-0.2, 0) is 16.0 Å². The third-order valence-corrected chi connectivity index (χ3v) is 4.88. The maximum Gasteiger partial charge on any atom is 0.231 e. The second kappa shape index (κ2) is 6.02. The monoisotopic (exact) mass is 318 g/mol. The molecule has 0 unspecified atom stereocenters. The molecule has 0 N–H and O–H groups in total. The summed E-state index contributed by atoms with van der Waals surface area (Å²) in [6.07, 6.45) is 0.576. The summed E-state index contributed by atoms with van der Waals surface area (Å²) in [5.41, 5.74) is 0.962. The minimum Gasteiger partial charge on any atom is -0.454 e. The number of nitrogens with zero attached hydrogens (tertiary/aromatic N) is 2. The lowest BCUT2D eigenvalue weighted by atomic mass is 10.1. The number of hydrogen-bond donors (Lipinski definition) is 0. The third kappa shape index (κ3) is 3.01. The molecule has 0 aromatic heterocycles. The van der Waals surface area contributed by atoms with Gasteiger partial charge in [-0.1, -0.05) is 6.07 Å². The Bertz CT molecular complexity index is 606. The highest BCUT2D eigenvalue weighted by Crippen LogP contribution is 2.33. The first kappa shape index (κ1) is 14.8. The van der Waals surface area contributed by atoms with Crippen molar-refractivity contribution in [2.24, 2.45) is 5.92 Å². The van der Waals surface area contributed by atoms with Crippen LogP contribution in [0.4, 0.5) is 0 Å². The van der Waals surface area contributed by atoms with E-state index in [9.17, 15) is 4.79 Å². The second-order valence-electron chi connectivity index (χ2n) is 6.59. The molecule has 3 heterocycles. The van der Waals surface area contributed by atoms with Crippen LogP contribution >= 0.6 is 0 Å². The molecule has 1 aromatic carbocycles. The number of hydrogen-bond acceptors (Lipinski definition) is 5. The lowest BCUT2D eigenvalue weighted by molar-refractivity contribution is -0.130. The number of carbonyl (C=O) groups excluding carboxylic acids is 1. The number of fused-ring (bicyclic) bond motifs is 2. The van der Waals surface area contributed by atoms with Crippen molar-refractivity contribution in [3.63, 3.8) is 0 Å². The molecule has 6 heteroatoms. The molecule has 124 valence electrons. The number of benzene rings is 1. The molecule has 0 radical (unpaired) electrons. The minimum atomic E-state index is 0.156. The van der Waals surface area contributed by atoms with Crippen LogP contribution < -0.4 is 9.47 Å². The molecule has 0 saturated carbocycles. The molecular weight excluding hydrogens is 296 g/mol. The van der Waals surface area contributed by atoms with E-state index < -0.39 is 0 Å². The van der Waals surface area contributed by atoms with Gasteiger partial charge in [-0.25, -0.2) is 0 Å². The zero-order chi connectivity index (χ0) is 15.8. The van der Waals surface area contributed by atoms with Gasteiger partial charge < -0.3 is 24.0 Å². The van der Waals surface area contributed by atoms with Gasteiger partial charge in [0.2, 0.25) is 12.7 Å². The minimum absolute atomic E-state index is 0.156. The number of amides is 1. The van der Waals surface area contributed by atoms with Gasteiger partial charge in [0.05, 0.1) is 19.1 Å². The first-order valence-electron chi connectivity index (χ1n) is 8.15. The summed E-state index contributed by atoms with van der Waals surface area (Å²) < 4.78 is 16.6. The molecule has 1 amide bonds. The van der Waals surface area contributed by atoms with Crippen molar-refractivity contribution in [1.29, 1.82) is 0 Å². The zero-order valence-corrected chi connectivity index (χ0v) is 13.4. The van der Waals surface area contributed by atoms with Crippen molar-refractivity contribution in [2.75, 3.05) is 46.6 Å². The Morgan fingerprint density at radius 1 is 1.22 bits per heavy atom. The summed E-state index contributed by atoms with van der Waals surface area (Å²) in [4.78, 5) is 16.8. The molecule has 2 atom stereocenters. The summed E-state index contributed by atoms with van der Waals surface area (Å²) in [6, 6.07) is 5.71. The van der Waals surface area contributed by atoms with Crippen molar-refractivity contribution >= 4 is 5.91 Å². The van der Waals surface area contributed by atoms with E-state index in [1.807, 2.05) is 23.1 Å². The topological polar surface area (TPSA) is 51.2 Å². The maximum absolute atomic E-state index is 12.6. The zero-order valence-electron chi connectivity index (χ0n) is 13.4. The van der Waals surface area contributed by atoms with E-state index in [2.05, 4.69) is 11.9 Å². The number of rotatable bonds is 2. The van der Waals surface area contributed by atoms with E-state index in [0.717, 1.165) is 43.3 Å². The quantitative estimate of drug-likeness (QED) is 0.805. The van der Waals surface area contributed by atoms with Crippen molar-refractivity contribution in [3.05, 3.63) is 23.8 Å². The number of likely N-dealkylation sites (N-methyl/N-ethyl adjacent to an activating group) is 1. The highest BCUT2D eigenvalue weighted by atomic mass is 16.7. The molecule has 2 saturated heterocycles. The first-order valence-corrected chi connectivity index (χ1v) is 8.15. The predicted molar refractivity (Wildman–Crippen MR) is 83.6 cm³/mol. The Morgan fingerprint density at radius 3 is 3.00 bits per heavy atom. The van der Waals surface area contributed by atoms with E-state index >= 15 is 0 Å². The number of carbonyl (C=O) groups is 1. The normalized spacial score (nSPS) is 26.9. The SMILES string of the molecule is CN1CCO[C@@H]2CN(C(=O)Cc3ccc4c(c3)OCO4)C[C@@H]2C1. The van der Waals surface area contributed by atoms with E-state index in [1.165, 1.54) is 0 Å². The summed E-state index contributed by atoms with van der Waals surface area (Å²) in [5.74, 6) is 2.05. The first-order chi connectivity index (χ1) is 11.2. The van der Waals surface area contributed by atoms with Crippen molar-refractivity contribution in [3.8, 4) is 11.5 Å². The lowest BCUT2D eigenvalue weighted by Crippen LogP contribution is -2.33. The summed E-state index contributed by atoms with van der Waals surface area (Å²) in [5, 5.41) is 0. The van der Waals surface area contributed by atoms with Gasteiger partial charge >= 0.3 is 0 Å². The third-order valence-electron chi connectivity index (χ3n) is 4.88. The molecule has 0 spiro atoms. The molecule has 0 aliphatic carbocycles. The Hall–Kier alpha value is -1.79. The van der Waals surface area contributed by atoms with E-state index in [-0.39, 0.29) is 18.8 Å². The standard InChI is InChI=1S/C17H22N2O4/c1-18-4-5-21-16-10-19(9-13(16)8-18)17(20)7-12-2-3-14-15(6-12)23-11-22-14/h2-3,6,13,16H,4-5,7-11H2,1H3/t13-,16+/m0/s1. The fourth-order valence-electron chi connectivity index (χ4n) is 3.60. The Kier molecular flexibility index (Phi) is 3.87. The molecule has 2 fully saturated rings. The molecule has 0 bridgehead atoms. The molecule has 4 rings (SSSR count). The van der Waals surface area contributed by atoms with Gasteiger partial charge in [0.1, 0.15) is 0 Å². The van der Waals surface area contributed by atoms with Crippen LogP contribution in [0.15, 0.2) is 18.2 Å². The molecule has 3 aliphatic heterocycles. The summed E-state index contributed by atoms with van der Waals surface area (Å²) in [7, 11) is 2.11. The maximum atomic E-state index is 12.6. The highest BCUT2D eigenvalue weighted by molar-refractivity contribution is 5.79. The largest absolute Gasteiger partial charge is 0.454 e. The lowest BCUT2D eigenvalue weighted by Gasteiger charge is -2.19. The van der Waals surface area contributed by atoms with Crippen LogP contribution in [0.1, 0.15) is 5.56 Å². The fraction of sp³-hybridized carbons (Fsp3) is 0.588. The fourth-order valence-corrected chi connectivity index (χ4v) is 3.60. The molecular formula is C17H22N2O4. The van der Waals surface area contributed by atoms with Crippen LogP contribution in [-0.4, -0.2) is 68.4 Å². The van der Waals surface area contributed by atoms with Crippen molar-refractivity contribution in [2.45, 2.75) is 12.5 Å².